The van der Waals surface area contributed by atoms with E-state index in [-0.39, 0.29) is 6.61 Å². The van der Waals surface area contributed by atoms with Gasteiger partial charge in [0.05, 0.1) is 17.6 Å². The van der Waals surface area contributed by atoms with Crippen LogP contribution in [-0.2, 0) is 6.54 Å². The number of hydrogen-bond acceptors (Lipinski definition) is 3. The van der Waals surface area contributed by atoms with Crippen molar-refractivity contribution in [2.45, 2.75) is 19.4 Å². The summed E-state index contributed by atoms with van der Waals surface area (Å²) in [6.07, 6.45) is 2.20. The maximum absolute atomic E-state index is 9.57. The van der Waals surface area contributed by atoms with Crippen LogP contribution in [0.1, 0.15) is 18.4 Å². The number of nitrogens with zero attached hydrogens (tertiary/aromatic N) is 3. The number of piperidine rings is 1. The minimum Gasteiger partial charge on any atom is -0.396 e. The zero-order valence-corrected chi connectivity index (χ0v) is 15.7. The molecule has 1 N–H and O–H groups in total. The molecular weight excluding hydrogens is 378 g/mol. The van der Waals surface area contributed by atoms with Gasteiger partial charge in [-0.25, -0.2) is 4.98 Å². The van der Waals surface area contributed by atoms with Crippen LogP contribution in [0.25, 0.3) is 11.0 Å². The summed E-state index contributed by atoms with van der Waals surface area (Å²) in [5.74, 6) is 1.36. The minimum absolute atomic E-state index is 0.253. The third kappa shape index (κ3) is 3.44. The number of para-hydroxylation sites is 2. The second kappa shape index (κ2) is 7.18. The lowest BCUT2D eigenvalue weighted by Crippen LogP contribution is -2.38. The van der Waals surface area contributed by atoms with Gasteiger partial charge in [-0.05, 0) is 48.6 Å². The van der Waals surface area contributed by atoms with Gasteiger partial charge in [-0.1, -0.05) is 40.2 Å². The second-order valence-corrected chi connectivity index (χ2v) is 7.67. The Hall–Kier alpha value is -1.85. The molecule has 0 unspecified atom stereocenters. The van der Waals surface area contributed by atoms with Crippen molar-refractivity contribution in [3.05, 3.63) is 58.6 Å². The zero-order valence-electron chi connectivity index (χ0n) is 14.1. The molecular formula is C20H22BrN3O. The number of fused-ring (bicyclic) bond motifs is 1. The molecule has 1 aromatic heterocycles. The number of halogens is 1. The lowest BCUT2D eigenvalue weighted by Gasteiger charge is -2.33. The summed E-state index contributed by atoms with van der Waals surface area (Å²) in [5, 5.41) is 9.57. The van der Waals surface area contributed by atoms with E-state index in [4.69, 9.17) is 4.98 Å². The molecule has 1 aliphatic heterocycles. The Bertz CT molecular complexity index is 859. The average Bonchev–Trinajstić information content (AvgIpc) is 3.02. The molecule has 0 amide bonds. The van der Waals surface area contributed by atoms with E-state index in [9.17, 15) is 5.11 Å². The van der Waals surface area contributed by atoms with Crippen LogP contribution in [-0.4, -0.2) is 34.4 Å². The lowest BCUT2D eigenvalue weighted by molar-refractivity contribution is 0.208. The first-order valence-corrected chi connectivity index (χ1v) is 9.59. The van der Waals surface area contributed by atoms with Crippen molar-refractivity contribution in [3.63, 3.8) is 0 Å². The van der Waals surface area contributed by atoms with Gasteiger partial charge >= 0.3 is 0 Å². The quantitative estimate of drug-likeness (QED) is 0.718. The molecule has 25 heavy (non-hydrogen) atoms. The SMILES string of the molecule is OC[C@H]1CCCN(c2nc3ccccc3n2Cc2ccc(Br)cc2)C1. The van der Waals surface area contributed by atoms with E-state index in [0.717, 1.165) is 53.9 Å². The van der Waals surface area contributed by atoms with E-state index in [1.807, 2.05) is 6.07 Å². The lowest BCUT2D eigenvalue weighted by atomic mass is 9.99. The van der Waals surface area contributed by atoms with Crippen LogP contribution in [0.5, 0.6) is 0 Å². The van der Waals surface area contributed by atoms with Gasteiger partial charge < -0.3 is 14.6 Å². The Morgan fingerprint density at radius 2 is 1.92 bits per heavy atom. The number of aromatic nitrogens is 2. The zero-order chi connectivity index (χ0) is 17.2. The van der Waals surface area contributed by atoms with Crippen LogP contribution in [0, 0.1) is 5.92 Å². The first-order chi connectivity index (χ1) is 12.2. The van der Waals surface area contributed by atoms with Crippen molar-refractivity contribution in [1.82, 2.24) is 9.55 Å². The Labute approximate surface area is 156 Å². The largest absolute Gasteiger partial charge is 0.396 e. The minimum atomic E-state index is 0.253. The molecule has 4 nitrogen and oxygen atoms in total. The van der Waals surface area contributed by atoms with E-state index >= 15 is 0 Å². The van der Waals surface area contributed by atoms with Crippen LogP contribution in [0.2, 0.25) is 0 Å². The van der Waals surface area contributed by atoms with E-state index in [1.165, 1.54) is 5.56 Å². The van der Waals surface area contributed by atoms with Gasteiger partial charge in [0.25, 0.3) is 0 Å². The average molecular weight is 400 g/mol. The fourth-order valence-electron chi connectivity index (χ4n) is 3.63. The van der Waals surface area contributed by atoms with Crippen molar-refractivity contribution in [2.24, 2.45) is 5.92 Å². The maximum atomic E-state index is 9.57. The third-order valence-electron chi connectivity index (χ3n) is 4.95. The highest BCUT2D eigenvalue weighted by Gasteiger charge is 2.24. The summed E-state index contributed by atoms with van der Waals surface area (Å²) in [6, 6.07) is 16.8. The van der Waals surface area contributed by atoms with Crippen LogP contribution in [0.4, 0.5) is 5.95 Å². The van der Waals surface area contributed by atoms with Crippen molar-refractivity contribution in [2.75, 3.05) is 24.6 Å². The monoisotopic (exact) mass is 399 g/mol. The Balaban J connectivity index is 1.74. The highest BCUT2D eigenvalue weighted by molar-refractivity contribution is 9.10. The molecule has 2 heterocycles. The van der Waals surface area contributed by atoms with E-state index < -0.39 is 0 Å². The molecule has 0 bridgehead atoms. The molecule has 0 radical (unpaired) electrons. The van der Waals surface area contributed by atoms with Crippen LogP contribution >= 0.6 is 15.9 Å². The summed E-state index contributed by atoms with van der Waals surface area (Å²) in [6.45, 7) is 2.92. The van der Waals surface area contributed by atoms with Gasteiger partial charge in [-0.2, -0.15) is 0 Å². The van der Waals surface area contributed by atoms with Gasteiger partial charge in [-0.15, -0.1) is 0 Å². The molecule has 1 aliphatic rings. The van der Waals surface area contributed by atoms with Crippen LogP contribution < -0.4 is 4.90 Å². The molecule has 130 valence electrons. The summed E-state index contributed by atoms with van der Waals surface area (Å²) in [7, 11) is 0. The molecule has 3 aromatic rings. The smallest absolute Gasteiger partial charge is 0.206 e. The first kappa shape index (κ1) is 16.6. The molecule has 1 saturated heterocycles. The predicted molar refractivity (Wildman–Crippen MR) is 105 cm³/mol. The number of aliphatic hydroxyl groups is 1. The van der Waals surface area contributed by atoms with Crippen molar-refractivity contribution < 1.29 is 5.11 Å². The molecule has 0 saturated carbocycles. The van der Waals surface area contributed by atoms with Crippen LogP contribution in [0.3, 0.4) is 0 Å². The van der Waals surface area contributed by atoms with Crippen molar-refractivity contribution in [3.8, 4) is 0 Å². The molecule has 2 aromatic carbocycles. The van der Waals surface area contributed by atoms with Crippen LogP contribution in [0.15, 0.2) is 53.0 Å². The number of rotatable bonds is 4. The standard InChI is InChI=1S/C20H22BrN3O/c21-17-9-7-15(8-10-17)13-24-19-6-2-1-5-18(19)22-20(24)23-11-3-4-16(12-23)14-25/h1-2,5-10,16,25H,3-4,11-14H2/t16-/m0/s1. The van der Waals surface area contributed by atoms with E-state index in [2.05, 4.69) is 67.9 Å². The van der Waals surface area contributed by atoms with Gasteiger partial charge in [0.2, 0.25) is 5.95 Å². The number of imidazole rings is 1. The Morgan fingerprint density at radius 1 is 1.12 bits per heavy atom. The molecule has 1 fully saturated rings. The highest BCUT2D eigenvalue weighted by atomic mass is 79.9. The van der Waals surface area contributed by atoms with E-state index in [1.54, 1.807) is 0 Å². The fourth-order valence-corrected chi connectivity index (χ4v) is 3.89. The maximum Gasteiger partial charge on any atom is 0.206 e. The van der Waals surface area contributed by atoms with E-state index in [0.29, 0.717) is 5.92 Å². The summed E-state index contributed by atoms with van der Waals surface area (Å²) in [4.78, 5) is 7.25. The summed E-state index contributed by atoms with van der Waals surface area (Å²) in [5.41, 5.74) is 3.44. The third-order valence-corrected chi connectivity index (χ3v) is 5.48. The van der Waals surface area contributed by atoms with Gasteiger partial charge in [0, 0.05) is 24.2 Å². The van der Waals surface area contributed by atoms with Crippen molar-refractivity contribution in [1.29, 1.82) is 0 Å². The van der Waals surface area contributed by atoms with Gasteiger partial charge in [0.15, 0.2) is 0 Å². The summed E-state index contributed by atoms with van der Waals surface area (Å²) < 4.78 is 3.40. The highest BCUT2D eigenvalue weighted by Crippen LogP contribution is 2.28. The number of aliphatic hydroxyl groups excluding tert-OH is 1. The first-order valence-electron chi connectivity index (χ1n) is 8.80. The topological polar surface area (TPSA) is 41.3 Å². The molecule has 0 spiro atoms. The molecule has 0 aliphatic carbocycles. The van der Waals surface area contributed by atoms with Gasteiger partial charge in [-0.3, -0.25) is 0 Å². The Morgan fingerprint density at radius 3 is 2.72 bits per heavy atom. The fraction of sp³-hybridized carbons (Fsp3) is 0.350. The van der Waals surface area contributed by atoms with Gasteiger partial charge in [0.1, 0.15) is 0 Å². The normalized spacial score (nSPS) is 18.0. The molecule has 5 heteroatoms. The second-order valence-electron chi connectivity index (χ2n) is 6.75. The number of hydrogen-bond donors (Lipinski definition) is 1. The number of benzene rings is 2. The Kier molecular flexibility index (Phi) is 4.77. The molecule has 1 atom stereocenters. The van der Waals surface area contributed by atoms with Crippen molar-refractivity contribution >= 4 is 32.9 Å². The molecule has 4 rings (SSSR count). The number of anilines is 1. The predicted octanol–water partition coefficient (Wildman–Crippen LogP) is 4.06. The summed E-state index contributed by atoms with van der Waals surface area (Å²) >= 11 is 3.50.